The second kappa shape index (κ2) is 5.80. The van der Waals surface area contributed by atoms with Crippen molar-refractivity contribution in [3.8, 4) is 0 Å². The molecule has 0 aromatic carbocycles. The zero-order valence-corrected chi connectivity index (χ0v) is 9.41. The topological polar surface area (TPSA) is 47.5 Å². The molecule has 2 aliphatic heterocycles. The number of aliphatic hydroxyl groups is 1. The molecular weight excluding hydrogens is 190 g/mol. The van der Waals surface area contributed by atoms with Gasteiger partial charge in [0.2, 0.25) is 0 Å². The number of aliphatic hydroxyl groups excluding tert-OH is 1. The summed E-state index contributed by atoms with van der Waals surface area (Å²) in [7, 11) is 0. The third kappa shape index (κ3) is 3.41. The lowest BCUT2D eigenvalue weighted by atomic mass is 9.99. The molecule has 4 heteroatoms. The van der Waals surface area contributed by atoms with E-state index in [4.69, 9.17) is 0 Å². The molecule has 0 saturated carbocycles. The quantitative estimate of drug-likeness (QED) is 0.586. The van der Waals surface area contributed by atoms with Gasteiger partial charge in [-0.3, -0.25) is 4.90 Å². The minimum atomic E-state index is -0.191. The van der Waals surface area contributed by atoms with Crippen LogP contribution in [0.25, 0.3) is 0 Å². The van der Waals surface area contributed by atoms with Crippen molar-refractivity contribution < 1.29 is 5.11 Å². The van der Waals surface area contributed by atoms with Crippen LogP contribution in [0.1, 0.15) is 19.3 Å². The molecule has 2 saturated heterocycles. The van der Waals surface area contributed by atoms with Gasteiger partial charge in [-0.2, -0.15) is 0 Å². The van der Waals surface area contributed by atoms with E-state index in [1.165, 1.54) is 12.8 Å². The van der Waals surface area contributed by atoms with Crippen molar-refractivity contribution in [2.45, 2.75) is 31.4 Å². The first kappa shape index (κ1) is 11.3. The molecule has 2 aliphatic rings. The van der Waals surface area contributed by atoms with E-state index in [-0.39, 0.29) is 6.10 Å². The molecule has 0 aromatic rings. The number of hydrogen-bond donors (Lipinski definition) is 3. The summed E-state index contributed by atoms with van der Waals surface area (Å²) in [6.45, 7) is 6.17. The number of nitrogens with zero attached hydrogens (tertiary/aromatic N) is 1. The Bertz CT molecular complexity index is 177. The highest BCUT2D eigenvalue weighted by Gasteiger charge is 2.23. The van der Waals surface area contributed by atoms with E-state index < -0.39 is 0 Å². The highest BCUT2D eigenvalue weighted by atomic mass is 16.3. The fraction of sp³-hybridized carbons (Fsp3) is 1.00. The Hall–Kier alpha value is -0.160. The third-order valence-corrected chi connectivity index (χ3v) is 3.47. The molecule has 2 heterocycles. The van der Waals surface area contributed by atoms with Crippen molar-refractivity contribution in [3.05, 3.63) is 0 Å². The molecule has 2 fully saturated rings. The summed E-state index contributed by atoms with van der Waals surface area (Å²) in [5, 5.41) is 16.8. The summed E-state index contributed by atoms with van der Waals surface area (Å²) in [5.41, 5.74) is 0. The maximum absolute atomic E-state index is 10.1. The molecular formula is C11H23N3O. The Labute approximate surface area is 92.0 Å². The molecule has 0 aromatic heterocycles. The summed E-state index contributed by atoms with van der Waals surface area (Å²) in [6.07, 6.45) is 3.46. The lowest BCUT2D eigenvalue weighted by Crippen LogP contribution is -2.52. The third-order valence-electron chi connectivity index (χ3n) is 3.47. The minimum Gasteiger partial charge on any atom is -0.390 e. The van der Waals surface area contributed by atoms with Crippen molar-refractivity contribution in [2.75, 3.05) is 39.3 Å². The SMILES string of the molecule is OC(CN1CCNCC1)C1CCCCN1. The van der Waals surface area contributed by atoms with E-state index in [9.17, 15) is 5.11 Å². The van der Waals surface area contributed by atoms with Crippen LogP contribution in [-0.2, 0) is 0 Å². The standard InChI is InChI=1S/C11H23N3O/c15-11(10-3-1-2-4-13-10)9-14-7-5-12-6-8-14/h10-13,15H,1-9H2. The Balaban J connectivity index is 1.72. The van der Waals surface area contributed by atoms with Gasteiger partial charge in [-0.15, -0.1) is 0 Å². The number of hydrogen-bond acceptors (Lipinski definition) is 4. The van der Waals surface area contributed by atoms with E-state index in [0.29, 0.717) is 6.04 Å². The number of rotatable bonds is 3. The fourth-order valence-electron chi connectivity index (χ4n) is 2.49. The molecule has 0 aliphatic carbocycles. The number of nitrogens with one attached hydrogen (secondary N) is 2. The lowest BCUT2D eigenvalue weighted by Gasteiger charge is -2.34. The second-order valence-corrected chi connectivity index (χ2v) is 4.67. The minimum absolute atomic E-state index is 0.191. The summed E-state index contributed by atoms with van der Waals surface area (Å²) in [5.74, 6) is 0. The van der Waals surface area contributed by atoms with Crippen molar-refractivity contribution >= 4 is 0 Å². The first-order valence-electron chi connectivity index (χ1n) is 6.21. The normalized spacial score (nSPS) is 31.4. The van der Waals surface area contributed by atoms with E-state index >= 15 is 0 Å². The van der Waals surface area contributed by atoms with Gasteiger partial charge in [0, 0.05) is 38.8 Å². The van der Waals surface area contributed by atoms with Crippen molar-refractivity contribution in [3.63, 3.8) is 0 Å². The Kier molecular flexibility index (Phi) is 4.38. The largest absolute Gasteiger partial charge is 0.390 e. The maximum Gasteiger partial charge on any atom is 0.0819 e. The van der Waals surface area contributed by atoms with Gasteiger partial charge < -0.3 is 15.7 Å². The predicted octanol–water partition coefficient (Wildman–Crippen LogP) is -0.605. The smallest absolute Gasteiger partial charge is 0.0819 e. The highest BCUT2D eigenvalue weighted by Crippen LogP contribution is 2.11. The number of piperidine rings is 1. The Morgan fingerprint density at radius 3 is 2.67 bits per heavy atom. The lowest BCUT2D eigenvalue weighted by molar-refractivity contribution is 0.0654. The van der Waals surface area contributed by atoms with Crippen LogP contribution in [0, 0.1) is 0 Å². The van der Waals surface area contributed by atoms with Crippen LogP contribution in [0.2, 0.25) is 0 Å². The Morgan fingerprint density at radius 1 is 1.20 bits per heavy atom. The molecule has 0 radical (unpaired) electrons. The van der Waals surface area contributed by atoms with Crippen LogP contribution in [0.3, 0.4) is 0 Å². The van der Waals surface area contributed by atoms with Crippen LogP contribution in [0.15, 0.2) is 0 Å². The average molecular weight is 213 g/mol. The van der Waals surface area contributed by atoms with Gasteiger partial charge in [-0.05, 0) is 19.4 Å². The van der Waals surface area contributed by atoms with Crippen molar-refractivity contribution in [1.82, 2.24) is 15.5 Å². The molecule has 0 bridgehead atoms. The van der Waals surface area contributed by atoms with Crippen molar-refractivity contribution in [1.29, 1.82) is 0 Å². The summed E-state index contributed by atoms with van der Waals surface area (Å²) >= 11 is 0. The van der Waals surface area contributed by atoms with Crippen LogP contribution in [0.5, 0.6) is 0 Å². The predicted molar refractivity (Wildman–Crippen MR) is 61.0 cm³/mol. The molecule has 0 spiro atoms. The summed E-state index contributed by atoms with van der Waals surface area (Å²) in [6, 6.07) is 0.327. The fourth-order valence-corrected chi connectivity index (χ4v) is 2.49. The molecule has 3 N–H and O–H groups in total. The van der Waals surface area contributed by atoms with Gasteiger partial charge >= 0.3 is 0 Å². The molecule has 88 valence electrons. The van der Waals surface area contributed by atoms with Crippen LogP contribution in [-0.4, -0.2) is 61.4 Å². The monoisotopic (exact) mass is 213 g/mol. The van der Waals surface area contributed by atoms with E-state index in [1.54, 1.807) is 0 Å². The first-order valence-corrected chi connectivity index (χ1v) is 6.21. The van der Waals surface area contributed by atoms with Gasteiger partial charge in [-0.1, -0.05) is 6.42 Å². The Morgan fingerprint density at radius 2 is 2.00 bits per heavy atom. The van der Waals surface area contributed by atoms with Crippen LogP contribution < -0.4 is 10.6 Å². The number of β-amino-alcohol motifs (C(OH)–C–C–N with tert-alkyl or cyclic N) is 1. The first-order chi connectivity index (χ1) is 7.36. The molecule has 4 nitrogen and oxygen atoms in total. The van der Waals surface area contributed by atoms with Crippen molar-refractivity contribution in [2.24, 2.45) is 0 Å². The molecule has 0 amide bonds. The van der Waals surface area contributed by atoms with Gasteiger partial charge in [-0.25, -0.2) is 0 Å². The van der Waals surface area contributed by atoms with Gasteiger partial charge in [0.15, 0.2) is 0 Å². The molecule has 15 heavy (non-hydrogen) atoms. The zero-order chi connectivity index (χ0) is 10.5. The zero-order valence-electron chi connectivity index (χ0n) is 9.41. The van der Waals surface area contributed by atoms with Gasteiger partial charge in [0.05, 0.1) is 6.10 Å². The van der Waals surface area contributed by atoms with Gasteiger partial charge in [0.25, 0.3) is 0 Å². The second-order valence-electron chi connectivity index (χ2n) is 4.67. The van der Waals surface area contributed by atoms with Crippen LogP contribution in [0.4, 0.5) is 0 Å². The highest BCUT2D eigenvalue weighted by molar-refractivity contribution is 4.82. The van der Waals surface area contributed by atoms with Crippen LogP contribution >= 0.6 is 0 Å². The van der Waals surface area contributed by atoms with E-state index in [0.717, 1.165) is 45.7 Å². The van der Waals surface area contributed by atoms with Gasteiger partial charge in [0.1, 0.15) is 0 Å². The number of piperazine rings is 1. The average Bonchev–Trinajstić information content (AvgIpc) is 2.31. The maximum atomic E-state index is 10.1. The van der Waals surface area contributed by atoms with E-state index in [2.05, 4.69) is 15.5 Å². The van der Waals surface area contributed by atoms with E-state index in [1.807, 2.05) is 0 Å². The molecule has 2 unspecified atom stereocenters. The summed E-state index contributed by atoms with van der Waals surface area (Å²) in [4.78, 5) is 2.36. The molecule has 2 rings (SSSR count). The summed E-state index contributed by atoms with van der Waals surface area (Å²) < 4.78 is 0. The molecule has 2 atom stereocenters.